The van der Waals surface area contributed by atoms with Crippen LogP contribution in [0, 0.1) is 0 Å². The number of carbonyl (C=O) groups excluding carboxylic acids is 2. The Morgan fingerprint density at radius 1 is 0.508 bits per heavy atom. The highest BCUT2D eigenvalue weighted by molar-refractivity contribution is 5.70. The van der Waals surface area contributed by atoms with E-state index in [2.05, 4.69) is 80.7 Å². The van der Waals surface area contributed by atoms with E-state index in [9.17, 15) is 30.0 Å². The van der Waals surface area contributed by atoms with Crippen molar-refractivity contribution in [2.75, 3.05) is 19.8 Å². The van der Waals surface area contributed by atoms with Crippen LogP contribution in [0.25, 0.3) is 0 Å². The van der Waals surface area contributed by atoms with Gasteiger partial charge in [0.05, 0.1) is 13.2 Å². The quantitative estimate of drug-likeness (QED) is 0.0267. The molecule has 6 atom stereocenters. The zero-order valence-electron chi connectivity index (χ0n) is 38.1. The third-order valence-electron chi connectivity index (χ3n) is 10.6. The number of esters is 2. The molecule has 0 spiro atoms. The predicted octanol–water partition coefficient (Wildman–Crippen LogP) is 10.8. The average Bonchev–Trinajstić information content (AvgIpc) is 3.26. The maximum atomic E-state index is 12.8. The fourth-order valence-electron chi connectivity index (χ4n) is 6.74. The lowest BCUT2D eigenvalue weighted by molar-refractivity contribution is -0.305. The van der Waals surface area contributed by atoms with E-state index in [1.165, 1.54) is 70.6 Å². The van der Waals surface area contributed by atoms with E-state index in [1.807, 2.05) is 6.08 Å². The van der Waals surface area contributed by atoms with Gasteiger partial charge in [-0.1, -0.05) is 157 Å². The first kappa shape index (κ1) is 56.2. The lowest BCUT2D eigenvalue weighted by Gasteiger charge is -2.39. The molecule has 1 fully saturated rings. The molecule has 0 radical (unpaired) electrons. The topological polar surface area (TPSA) is 152 Å². The monoisotopic (exact) mass is 859 g/mol. The van der Waals surface area contributed by atoms with Crippen molar-refractivity contribution < 1.29 is 49.0 Å². The highest BCUT2D eigenvalue weighted by Crippen LogP contribution is 2.22. The van der Waals surface area contributed by atoms with Crippen molar-refractivity contribution in [3.8, 4) is 0 Å². The largest absolute Gasteiger partial charge is 0.462 e. The van der Waals surface area contributed by atoms with Gasteiger partial charge in [0.25, 0.3) is 0 Å². The Kier molecular flexibility index (Phi) is 37.9. The summed E-state index contributed by atoms with van der Waals surface area (Å²) in [6, 6.07) is 0. The molecule has 1 aliphatic heterocycles. The van der Waals surface area contributed by atoms with Crippen LogP contribution in [0.2, 0.25) is 0 Å². The lowest BCUT2D eigenvalue weighted by atomic mass is 9.99. The van der Waals surface area contributed by atoms with Crippen LogP contribution in [0.15, 0.2) is 72.9 Å². The Balaban J connectivity index is 2.37. The van der Waals surface area contributed by atoms with Gasteiger partial charge in [-0.25, -0.2) is 0 Å². The van der Waals surface area contributed by atoms with Crippen LogP contribution in [-0.2, 0) is 28.5 Å². The third kappa shape index (κ3) is 32.5. The molecule has 0 bridgehead atoms. The Hall–Kier alpha value is -2.86. The van der Waals surface area contributed by atoms with Gasteiger partial charge < -0.3 is 39.4 Å². The number of hydrogen-bond donors (Lipinski definition) is 4. The minimum Gasteiger partial charge on any atom is -0.462 e. The van der Waals surface area contributed by atoms with E-state index in [0.717, 1.165) is 64.2 Å². The highest BCUT2D eigenvalue weighted by atomic mass is 16.7. The summed E-state index contributed by atoms with van der Waals surface area (Å²) in [7, 11) is 0. The first-order valence-corrected chi connectivity index (χ1v) is 24.0. The smallest absolute Gasteiger partial charge is 0.306 e. The third-order valence-corrected chi connectivity index (χ3v) is 10.6. The summed E-state index contributed by atoms with van der Waals surface area (Å²) in [5.74, 6) is -0.892. The molecule has 350 valence electrons. The van der Waals surface area contributed by atoms with Crippen LogP contribution >= 0.6 is 0 Å². The van der Waals surface area contributed by atoms with Crippen LogP contribution < -0.4 is 0 Å². The van der Waals surface area contributed by atoms with E-state index in [-0.39, 0.29) is 26.1 Å². The zero-order chi connectivity index (χ0) is 44.4. The number of unbranched alkanes of at least 4 members (excludes halogenated alkanes) is 16. The van der Waals surface area contributed by atoms with Crippen LogP contribution in [0.1, 0.15) is 181 Å². The van der Waals surface area contributed by atoms with E-state index < -0.39 is 55.4 Å². The number of ether oxygens (including phenoxy) is 4. The molecule has 4 N–H and O–H groups in total. The molecule has 0 aromatic heterocycles. The number of carbonyl (C=O) groups is 2. The second-order valence-electron chi connectivity index (χ2n) is 16.2. The molecule has 0 amide bonds. The average molecular weight is 859 g/mol. The predicted molar refractivity (Wildman–Crippen MR) is 247 cm³/mol. The molecule has 61 heavy (non-hydrogen) atoms. The highest BCUT2D eigenvalue weighted by Gasteiger charge is 2.44. The van der Waals surface area contributed by atoms with Crippen molar-refractivity contribution in [2.24, 2.45) is 0 Å². The van der Waals surface area contributed by atoms with Gasteiger partial charge in [-0.3, -0.25) is 9.59 Å². The number of hydrogen-bond acceptors (Lipinski definition) is 10. The Morgan fingerprint density at radius 3 is 1.46 bits per heavy atom. The maximum absolute atomic E-state index is 12.8. The van der Waals surface area contributed by atoms with Gasteiger partial charge in [0.15, 0.2) is 12.4 Å². The molecule has 0 aromatic carbocycles. The molecule has 1 saturated heterocycles. The van der Waals surface area contributed by atoms with Crippen molar-refractivity contribution in [1.82, 2.24) is 0 Å². The summed E-state index contributed by atoms with van der Waals surface area (Å²) in [6.45, 7) is 3.32. The normalized spacial score (nSPS) is 20.4. The van der Waals surface area contributed by atoms with Crippen LogP contribution in [0.5, 0.6) is 0 Å². The van der Waals surface area contributed by atoms with Crippen molar-refractivity contribution in [3.05, 3.63) is 72.9 Å². The molecular formula is C51H86O10. The SMILES string of the molecule is CCCCC/C=C/C/C=C/CCCCCCCC(=O)OC[C@H](CO[C@@H]1O[C@H](CO)[C@H](O)C(O)C1O)OC(=O)CCC/C=C/C/C=C/C/C=C/C/C=C/CCCCCCCCC. The molecule has 1 aliphatic rings. The fraction of sp³-hybridized carbons (Fsp3) is 0.725. The fourth-order valence-corrected chi connectivity index (χ4v) is 6.74. The van der Waals surface area contributed by atoms with Gasteiger partial charge in [0.1, 0.15) is 31.0 Å². The molecule has 10 heteroatoms. The summed E-state index contributed by atoms with van der Waals surface area (Å²) in [4.78, 5) is 25.3. The van der Waals surface area contributed by atoms with Gasteiger partial charge >= 0.3 is 11.9 Å². The summed E-state index contributed by atoms with van der Waals surface area (Å²) in [5.41, 5.74) is 0. The Labute approximate surface area is 370 Å². The minimum atomic E-state index is -1.61. The van der Waals surface area contributed by atoms with Crippen LogP contribution in [0.4, 0.5) is 0 Å². The van der Waals surface area contributed by atoms with Crippen molar-refractivity contribution in [2.45, 2.75) is 218 Å². The second kappa shape index (κ2) is 41.2. The van der Waals surface area contributed by atoms with Crippen molar-refractivity contribution in [3.63, 3.8) is 0 Å². The summed E-state index contributed by atoms with van der Waals surface area (Å²) in [5, 5.41) is 40.1. The summed E-state index contributed by atoms with van der Waals surface area (Å²) >= 11 is 0. The molecule has 1 rings (SSSR count). The Morgan fingerprint density at radius 2 is 0.934 bits per heavy atom. The molecule has 0 aliphatic carbocycles. The number of aliphatic hydroxyl groups excluding tert-OH is 4. The maximum Gasteiger partial charge on any atom is 0.306 e. The molecule has 1 heterocycles. The molecular weight excluding hydrogens is 773 g/mol. The number of allylic oxidation sites excluding steroid dienone is 12. The summed E-state index contributed by atoms with van der Waals surface area (Å²) in [6.07, 6.45) is 44.8. The lowest BCUT2D eigenvalue weighted by Crippen LogP contribution is -2.59. The van der Waals surface area contributed by atoms with Crippen molar-refractivity contribution >= 4 is 11.9 Å². The molecule has 0 aromatic rings. The van der Waals surface area contributed by atoms with Gasteiger partial charge in [0, 0.05) is 12.8 Å². The van der Waals surface area contributed by atoms with E-state index in [0.29, 0.717) is 19.3 Å². The Bertz CT molecular complexity index is 1220. The standard InChI is InChI=1S/C51H86O10/c1-3-5-7-9-11-13-15-17-19-20-21-22-23-24-26-28-30-32-34-36-38-40-47(54)60-44(43-59-51-50(57)49(56)48(55)45(41-52)61-51)42-58-46(53)39-37-35-33-31-29-27-25-18-16-14-12-10-8-6-4-2/h12,14,18-20,22-23,25-26,28,32,34,44-45,48-52,55-57H,3-11,13,15-17,21,24,27,29-31,33,35-43H2,1-2H3/b14-12+,20-19+,23-22+,25-18+,28-26+,34-32+/t44-,45-,48+,49?,50?,51-/m1/s1. The van der Waals surface area contributed by atoms with Crippen molar-refractivity contribution in [1.29, 1.82) is 0 Å². The van der Waals surface area contributed by atoms with Gasteiger partial charge in [-0.15, -0.1) is 0 Å². The second-order valence-corrected chi connectivity index (χ2v) is 16.2. The first-order valence-electron chi connectivity index (χ1n) is 24.0. The van der Waals surface area contributed by atoms with Crippen LogP contribution in [0.3, 0.4) is 0 Å². The number of aliphatic hydroxyl groups is 4. The van der Waals surface area contributed by atoms with Crippen LogP contribution in [-0.4, -0.2) is 89.0 Å². The van der Waals surface area contributed by atoms with E-state index in [1.54, 1.807) is 0 Å². The van der Waals surface area contributed by atoms with E-state index >= 15 is 0 Å². The van der Waals surface area contributed by atoms with Gasteiger partial charge in [-0.2, -0.15) is 0 Å². The van der Waals surface area contributed by atoms with Gasteiger partial charge in [0.2, 0.25) is 0 Å². The molecule has 2 unspecified atom stereocenters. The first-order chi connectivity index (χ1) is 29.8. The number of rotatable bonds is 39. The molecule has 10 nitrogen and oxygen atoms in total. The van der Waals surface area contributed by atoms with E-state index in [4.69, 9.17) is 18.9 Å². The summed E-state index contributed by atoms with van der Waals surface area (Å²) < 4.78 is 22.1. The molecule has 0 saturated carbocycles. The minimum absolute atomic E-state index is 0.148. The van der Waals surface area contributed by atoms with Gasteiger partial charge in [-0.05, 0) is 83.5 Å². The zero-order valence-corrected chi connectivity index (χ0v) is 38.1.